The van der Waals surface area contributed by atoms with Gasteiger partial charge in [-0.25, -0.2) is 13.2 Å². The molecule has 8 heteroatoms. The second-order valence-corrected chi connectivity index (χ2v) is 9.39. The third-order valence-corrected chi connectivity index (χ3v) is 6.45. The molecule has 0 spiro atoms. The number of benzene rings is 2. The molecule has 1 saturated heterocycles. The molecule has 0 unspecified atom stereocenters. The summed E-state index contributed by atoms with van der Waals surface area (Å²) in [6, 6.07) is 13.2. The number of fused-ring (bicyclic) bond motifs is 1. The summed E-state index contributed by atoms with van der Waals surface area (Å²) in [5, 5.41) is 0.657. The summed E-state index contributed by atoms with van der Waals surface area (Å²) >= 11 is 6.03. The maximum Gasteiger partial charge on any atom is 0.324 e. The number of carbonyl (C=O) groups is 1. The van der Waals surface area contributed by atoms with Gasteiger partial charge < -0.3 is 4.90 Å². The predicted octanol–water partition coefficient (Wildman–Crippen LogP) is 3.06. The molecule has 0 saturated carbocycles. The minimum absolute atomic E-state index is 0.0482. The fraction of sp³-hybridized carbons (Fsp3) is 0.316. The maximum absolute atomic E-state index is 12.8. The van der Waals surface area contributed by atoms with Crippen molar-refractivity contribution in [3.05, 3.63) is 64.2 Å². The molecule has 6 nitrogen and oxygen atoms in total. The van der Waals surface area contributed by atoms with Crippen LogP contribution in [0, 0.1) is 0 Å². The number of urea groups is 1. The van der Waals surface area contributed by atoms with E-state index >= 15 is 0 Å². The van der Waals surface area contributed by atoms with Gasteiger partial charge in [0, 0.05) is 43.4 Å². The molecule has 2 aliphatic rings. The molecule has 27 heavy (non-hydrogen) atoms. The van der Waals surface area contributed by atoms with Crippen LogP contribution in [0.1, 0.15) is 16.7 Å². The number of sulfonamides is 1. The summed E-state index contributed by atoms with van der Waals surface area (Å²) in [4.78, 5) is 16.4. The Hall–Kier alpha value is -2.09. The van der Waals surface area contributed by atoms with Crippen molar-refractivity contribution in [2.75, 3.05) is 24.2 Å². The molecule has 0 radical (unpaired) electrons. The highest BCUT2D eigenvalue weighted by atomic mass is 35.5. The second kappa shape index (κ2) is 6.82. The van der Waals surface area contributed by atoms with Gasteiger partial charge in [-0.15, -0.1) is 0 Å². The first-order valence-corrected chi connectivity index (χ1v) is 10.9. The molecule has 2 aliphatic heterocycles. The van der Waals surface area contributed by atoms with Crippen LogP contribution in [0.15, 0.2) is 42.5 Å². The largest absolute Gasteiger partial charge is 0.324 e. The molecule has 2 aromatic rings. The van der Waals surface area contributed by atoms with Crippen molar-refractivity contribution in [3.63, 3.8) is 0 Å². The van der Waals surface area contributed by atoms with Crippen molar-refractivity contribution in [1.82, 2.24) is 9.21 Å². The summed E-state index contributed by atoms with van der Waals surface area (Å²) in [5.74, 6) is 0. The van der Waals surface area contributed by atoms with Crippen LogP contribution in [0.5, 0.6) is 0 Å². The van der Waals surface area contributed by atoms with E-state index < -0.39 is 10.0 Å². The number of hydrogen-bond acceptors (Lipinski definition) is 3. The molecule has 142 valence electrons. The van der Waals surface area contributed by atoms with Crippen LogP contribution in [0.25, 0.3) is 0 Å². The van der Waals surface area contributed by atoms with Gasteiger partial charge in [0.2, 0.25) is 10.0 Å². The van der Waals surface area contributed by atoms with Gasteiger partial charge in [-0.3, -0.25) is 4.90 Å². The lowest BCUT2D eigenvalue weighted by molar-refractivity contribution is 0.219. The summed E-state index contributed by atoms with van der Waals surface area (Å²) in [6.45, 7) is 2.51. The number of anilines is 1. The first-order valence-electron chi connectivity index (χ1n) is 8.69. The molecular formula is C19H20ClN3O3S. The molecule has 2 amide bonds. The quantitative estimate of drug-likeness (QED) is 0.785. The highest BCUT2D eigenvalue weighted by Crippen LogP contribution is 2.30. The van der Waals surface area contributed by atoms with Gasteiger partial charge in [-0.05, 0) is 41.0 Å². The van der Waals surface area contributed by atoms with Gasteiger partial charge in [-0.2, -0.15) is 4.31 Å². The number of hydrogen-bond donors (Lipinski definition) is 0. The zero-order valence-corrected chi connectivity index (χ0v) is 16.5. The third kappa shape index (κ3) is 3.67. The Balaban J connectivity index is 1.50. The normalized spacial score (nSPS) is 17.6. The van der Waals surface area contributed by atoms with E-state index in [2.05, 4.69) is 0 Å². The molecule has 4 rings (SSSR count). The molecule has 0 bridgehead atoms. The van der Waals surface area contributed by atoms with Crippen molar-refractivity contribution < 1.29 is 13.2 Å². The topological polar surface area (TPSA) is 60.9 Å². The van der Waals surface area contributed by atoms with E-state index in [-0.39, 0.29) is 6.03 Å². The summed E-state index contributed by atoms with van der Waals surface area (Å²) in [7, 11) is -3.23. The summed E-state index contributed by atoms with van der Waals surface area (Å²) in [6.07, 6.45) is 1.22. The SMILES string of the molecule is CS(=O)(=O)N1Cc2ccc(N3CCN(Cc4cccc(Cl)c4)C3=O)cc2C1. The highest BCUT2D eigenvalue weighted by molar-refractivity contribution is 7.88. The Kier molecular flexibility index (Phi) is 4.61. The lowest BCUT2D eigenvalue weighted by Gasteiger charge is -2.19. The van der Waals surface area contributed by atoms with Gasteiger partial charge >= 0.3 is 6.03 Å². The van der Waals surface area contributed by atoms with Crippen LogP contribution in [0.4, 0.5) is 10.5 Å². The molecular weight excluding hydrogens is 386 g/mol. The van der Waals surface area contributed by atoms with Crippen molar-refractivity contribution in [3.8, 4) is 0 Å². The van der Waals surface area contributed by atoms with E-state index in [1.807, 2.05) is 42.5 Å². The van der Waals surface area contributed by atoms with Crippen molar-refractivity contribution in [1.29, 1.82) is 0 Å². The van der Waals surface area contributed by atoms with Gasteiger partial charge in [0.05, 0.1) is 6.26 Å². The average Bonchev–Trinajstić information content (AvgIpc) is 3.18. The molecule has 2 aromatic carbocycles. The van der Waals surface area contributed by atoms with Crippen LogP contribution >= 0.6 is 11.6 Å². The first-order chi connectivity index (χ1) is 12.8. The summed E-state index contributed by atoms with van der Waals surface area (Å²) < 4.78 is 25.0. The zero-order chi connectivity index (χ0) is 19.2. The first kappa shape index (κ1) is 18.3. The molecule has 0 aromatic heterocycles. The number of rotatable bonds is 4. The average molecular weight is 406 g/mol. The van der Waals surface area contributed by atoms with Gasteiger partial charge in [0.1, 0.15) is 0 Å². The van der Waals surface area contributed by atoms with Crippen LogP contribution in [-0.4, -0.2) is 43.0 Å². The minimum atomic E-state index is -3.23. The highest BCUT2D eigenvalue weighted by Gasteiger charge is 2.31. The fourth-order valence-electron chi connectivity index (χ4n) is 3.58. The van der Waals surface area contributed by atoms with E-state index in [0.717, 1.165) is 22.4 Å². The van der Waals surface area contributed by atoms with Crippen molar-refractivity contribution >= 4 is 33.3 Å². The van der Waals surface area contributed by atoms with E-state index in [9.17, 15) is 13.2 Å². The van der Waals surface area contributed by atoms with Crippen LogP contribution in [0.2, 0.25) is 5.02 Å². The monoisotopic (exact) mass is 405 g/mol. The lowest BCUT2D eigenvalue weighted by atomic mass is 10.1. The Morgan fingerprint density at radius 3 is 2.56 bits per heavy atom. The molecule has 2 heterocycles. The summed E-state index contributed by atoms with van der Waals surface area (Å²) in [5.41, 5.74) is 3.75. The molecule has 0 aliphatic carbocycles. The maximum atomic E-state index is 12.8. The van der Waals surface area contributed by atoms with Gasteiger partial charge in [-0.1, -0.05) is 29.8 Å². The molecule has 0 N–H and O–H groups in total. The smallest absolute Gasteiger partial charge is 0.318 e. The van der Waals surface area contributed by atoms with Crippen LogP contribution in [0.3, 0.4) is 0 Å². The van der Waals surface area contributed by atoms with E-state index in [1.165, 1.54) is 10.6 Å². The zero-order valence-electron chi connectivity index (χ0n) is 14.9. The van der Waals surface area contributed by atoms with Crippen molar-refractivity contribution in [2.45, 2.75) is 19.6 Å². The third-order valence-electron chi connectivity index (χ3n) is 5.02. The number of amides is 2. The Labute approximate surface area is 164 Å². The van der Waals surface area contributed by atoms with Crippen molar-refractivity contribution in [2.24, 2.45) is 0 Å². The standard InChI is InChI=1S/C19H20ClN3O3S/c1-27(25,26)22-12-15-5-6-18(10-16(15)13-22)23-8-7-21(19(23)24)11-14-3-2-4-17(20)9-14/h2-6,9-10H,7-8,11-13H2,1H3. The molecule has 0 atom stereocenters. The van der Waals surface area contributed by atoms with E-state index in [4.69, 9.17) is 11.6 Å². The lowest BCUT2D eigenvalue weighted by Crippen LogP contribution is -2.31. The molecule has 1 fully saturated rings. The van der Waals surface area contributed by atoms with E-state index in [1.54, 1.807) is 9.80 Å². The fourth-order valence-corrected chi connectivity index (χ4v) is 4.54. The number of carbonyl (C=O) groups excluding carboxylic acids is 1. The van der Waals surface area contributed by atoms with Crippen LogP contribution in [-0.2, 0) is 29.7 Å². The Bertz CT molecular complexity index is 1010. The van der Waals surface area contributed by atoms with Gasteiger partial charge in [0.15, 0.2) is 0 Å². The van der Waals surface area contributed by atoms with Gasteiger partial charge in [0.25, 0.3) is 0 Å². The predicted molar refractivity (Wildman–Crippen MR) is 105 cm³/mol. The second-order valence-electron chi connectivity index (χ2n) is 6.97. The van der Waals surface area contributed by atoms with Crippen LogP contribution < -0.4 is 4.90 Å². The Morgan fingerprint density at radius 2 is 1.81 bits per heavy atom. The minimum Gasteiger partial charge on any atom is -0.318 e. The van der Waals surface area contributed by atoms with E-state index in [0.29, 0.717) is 37.7 Å². The number of halogens is 1. The Morgan fingerprint density at radius 1 is 1.04 bits per heavy atom. The number of nitrogens with zero attached hydrogens (tertiary/aromatic N) is 3.